The van der Waals surface area contributed by atoms with Gasteiger partial charge in [0.2, 0.25) is 0 Å². The first kappa shape index (κ1) is 12.3. The van der Waals surface area contributed by atoms with Crippen LogP contribution >= 0.6 is 0 Å². The quantitative estimate of drug-likeness (QED) is 0.346. The highest BCUT2D eigenvalue weighted by Crippen LogP contribution is 2.08. The lowest BCUT2D eigenvalue weighted by Crippen LogP contribution is -2.17. The molecular formula is C10H18O3. The van der Waals surface area contributed by atoms with Crippen molar-refractivity contribution >= 4 is 6.29 Å². The maximum absolute atomic E-state index is 10.2. The van der Waals surface area contributed by atoms with Gasteiger partial charge in [-0.3, -0.25) is 4.79 Å². The minimum absolute atomic E-state index is 0.216. The zero-order chi connectivity index (χ0) is 10.1. The molecule has 0 radical (unpaired) electrons. The summed E-state index contributed by atoms with van der Waals surface area (Å²) in [4.78, 5) is 10.2. The van der Waals surface area contributed by atoms with Crippen LogP contribution in [-0.2, 0) is 14.3 Å². The minimum Gasteiger partial charge on any atom is -0.353 e. The van der Waals surface area contributed by atoms with E-state index in [0.717, 1.165) is 11.9 Å². The number of ether oxygens (including phenoxy) is 2. The maximum atomic E-state index is 10.2. The van der Waals surface area contributed by atoms with E-state index in [1.165, 1.54) is 6.08 Å². The monoisotopic (exact) mass is 186 g/mol. The highest BCUT2D eigenvalue weighted by atomic mass is 16.7. The van der Waals surface area contributed by atoms with Gasteiger partial charge in [-0.1, -0.05) is 5.57 Å². The first-order chi connectivity index (χ1) is 6.24. The van der Waals surface area contributed by atoms with Crippen LogP contribution in [0.15, 0.2) is 11.6 Å². The van der Waals surface area contributed by atoms with Crippen LogP contribution in [0, 0.1) is 0 Å². The molecule has 0 aromatic carbocycles. The van der Waals surface area contributed by atoms with Gasteiger partial charge >= 0.3 is 0 Å². The van der Waals surface area contributed by atoms with Crippen LogP contribution in [0.1, 0.15) is 27.2 Å². The van der Waals surface area contributed by atoms with E-state index in [1.807, 2.05) is 20.8 Å². The summed E-state index contributed by atoms with van der Waals surface area (Å²) < 4.78 is 10.6. The Balaban J connectivity index is 3.92. The van der Waals surface area contributed by atoms with Crippen LogP contribution in [-0.4, -0.2) is 25.8 Å². The van der Waals surface area contributed by atoms with Crippen molar-refractivity contribution in [1.82, 2.24) is 0 Å². The predicted molar refractivity (Wildman–Crippen MR) is 51.5 cm³/mol. The van der Waals surface area contributed by atoms with E-state index in [-0.39, 0.29) is 6.29 Å². The van der Waals surface area contributed by atoms with Crippen molar-refractivity contribution in [3.8, 4) is 0 Å². The Morgan fingerprint density at radius 1 is 1.31 bits per heavy atom. The number of hydrogen-bond donors (Lipinski definition) is 0. The fourth-order valence-electron chi connectivity index (χ4n) is 0.985. The zero-order valence-electron chi connectivity index (χ0n) is 8.58. The van der Waals surface area contributed by atoms with Crippen molar-refractivity contribution in [2.45, 2.75) is 33.5 Å². The van der Waals surface area contributed by atoms with E-state index >= 15 is 0 Å². The summed E-state index contributed by atoms with van der Waals surface area (Å²) in [6.07, 6.45) is 2.75. The molecule has 0 amide bonds. The summed E-state index contributed by atoms with van der Waals surface area (Å²) in [6, 6.07) is 0. The van der Waals surface area contributed by atoms with E-state index in [4.69, 9.17) is 9.47 Å². The standard InChI is InChI=1S/C10H18O3/c1-4-12-10(13-5-2)8-9(3)6-7-11/h6-7,10H,4-5,8H2,1-3H3/b9-6-. The minimum atomic E-state index is -0.216. The van der Waals surface area contributed by atoms with Crippen LogP contribution in [0.3, 0.4) is 0 Å². The summed E-state index contributed by atoms with van der Waals surface area (Å²) in [5.74, 6) is 0. The second-order valence-corrected chi connectivity index (χ2v) is 2.69. The molecule has 0 spiro atoms. The van der Waals surface area contributed by atoms with Crippen molar-refractivity contribution in [3.05, 3.63) is 11.6 Å². The lowest BCUT2D eigenvalue weighted by Gasteiger charge is -2.16. The molecule has 0 atom stereocenters. The van der Waals surface area contributed by atoms with Crippen LogP contribution in [0.25, 0.3) is 0 Å². The largest absolute Gasteiger partial charge is 0.353 e. The molecule has 0 aliphatic heterocycles. The molecule has 76 valence electrons. The van der Waals surface area contributed by atoms with Gasteiger partial charge < -0.3 is 9.47 Å². The average Bonchev–Trinajstić information content (AvgIpc) is 2.05. The van der Waals surface area contributed by atoms with Gasteiger partial charge in [0.05, 0.1) is 0 Å². The molecule has 0 aliphatic carbocycles. The SMILES string of the molecule is CCOC(C/C(C)=C\C=O)OCC. The van der Waals surface area contributed by atoms with Crippen LogP contribution in [0.2, 0.25) is 0 Å². The lowest BCUT2D eigenvalue weighted by atomic mass is 10.2. The topological polar surface area (TPSA) is 35.5 Å². The number of hydrogen-bond acceptors (Lipinski definition) is 3. The van der Waals surface area contributed by atoms with Gasteiger partial charge in [-0.2, -0.15) is 0 Å². The number of allylic oxidation sites excluding steroid dienone is 1. The Hall–Kier alpha value is -0.670. The van der Waals surface area contributed by atoms with Crippen molar-refractivity contribution in [2.75, 3.05) is 13.2 Å². The molecule has 0 aromatic rings. The van der Waals surface area contributed by atoms with E-state index in [2.05, 4.69) is 0 Å². The van der Waals surface area contributed by atoms with Crippen LogP contribution in [0.4, 0.5) is 0 Å². The summed E-state index contributed by atoms with van der Waals surface area (Å²) in [7, 11) is 0. The van der Waals surface area contributed by atoms with Gasteiger partial charge in [0.15, 0.2) is 6.29 Å². The molecule has 0 bridgehead atoms. The molecule has 0 aromatic heterocycles. The highest BCUT2D eigenvalue weighted by molar-refractivity contribution is 5.65. The maximum Gasteiger partial charge on any atom is 0.161 e. The molecule has 3 heteroatoms. The molecule has 0 fully saturated rings. The molecule has 0 saturated carbocycles. The van der Waals surface area contributed by atoms with Gasteiger partial charge in [-0.25, -0.2) is 0 Å². The normalized spacial score (nSPS) is 12.2. The highest BCUT2D eigenvalue weighted by Gasteiger charge is 2.07. The van der Waals surface area contributed by atoms with Gasteiger partial charge in [0, 0.05) is 19.6 Å². The number of carbonyl (C=O) groups is 1. The van der Waals surface area contributed by atoms with E-state index < -0.39 is 0 Å². The van der Waals surface area contributed by atoms with E-state index in [0.29, 0.717) is 19.6 Å². The molecule has 0 rings (SSSR count). The van der Waals surface area contributed by atoms with Gasteiger partial charge in [0.1, 0.15) is 6.29 Å². The fourth-order valence-corrected chi connectivity index (χ4v) is 0.985. The Kier molecular flexibility index (Phi) is 7.54. The molecule has 0 saturated heterocycles. The summed E-state index contributed by atoms with van der Waals surface area (Å²) >= 11 is 0. The number of rotatable bonds is 7. The molecular weight excluding hydrogens is 168 g/mol. The molecule has 0 N–H and O–H groups in total. The Bertz CT molecular complexity index is 158. The second-order valence-electron chi connectivity index (χ2n) is 2.69. The first-order valence-corrected chi connectivity index (χ1v) is 4.58. The van der Waals surface area contributed by atoms with Crippen molar-refractivity contribution < 1.29 is 14.3 Å². The number of aldehydes is 1. The fraction of sp³-hybridized carbons (Fsp3) is 0.700. The first-order valence-electron chi connectivity index (χ1n) is 4.58. The summed E-state index contributed by atoms with van der Waals surface area (Å²) in [6.45, 7) is 6.98. The van der Waals surface area contributed by atoms with Gasteiger partial charge in [0.25, 0.3) is 0 Å². The summed E-state index contributed by atoms with van der Waals surface area (Å²) in [5, 5.41) is 0. The molecule has 0 aliphatic rings. The molecule has 3 nitrogen and oxygen atoms in total. The van der Waals surface area contributed by atoms with Crippen molar-refractivity contribution in [2.24, 2.45) is 0 Å². The van der Waals surface area contributed by atoms with Crippen molar-refractivity contribution in [1.29, 1.82) is 0 Å². The average molecular weight is 186 g/mol. The Morgan fingerprint density at radius 3 is 2.23 bits per heavy atom. The Labute approximate surface area is 79.7 Å². The second kappa shape index (κ2) is 7.95. The van der Waals surface area contributed by atoms with Crippen LogP contribution < -0.4 is 0 Å². The number of carbonyl (C=O) groups excluding carboxylic acids is 1. The molecule has 0 heterocycles. The molecule has 0 unspecified atom stereocenters. The Morgan fingerprint density at radius 2 is 1.85 bits per heavy atom. The molecule has 13 heavy (non-hydrogen) atoms. The summed E-state index contributed by atoms with van der Waals surface area (Å²) in [5.41, 5.74) is 0.974. The smallest absolute Gasteiger partial charge is 0.161 e. The third-order valence-corrected chi connectivity index (χ3v) is 1.55. The van der Waals surface area contributed by atoms with Crippen LogP contribution in [0.5, 0.6) is 0 Å². The van der Waals surface area contributed by atoms with E-state index in [1.54, 1.807) is 0 Å². The zero-order valence-corrected chi connectivity index (χ0v) is 8.58. The third kappa shape index (κ3) is 6.49. The third-order valence-electron chi connectivity index (χ3n) is 1.55. The van der Waals surface area contributed by atoms with Gasteiger partial charge in [-0.15, -0.1) is 0 Å². The predicted octanol–water partition coefficient (Wildman–Crippen LogP) is 1.92. The van der Waals surface area contributed by atoms with Gasteiger partial charge in [-0.05, 0) is 26.8 Å². The van der Waals surface area contributed by atoms with Crippen molar-refractivity contribution in [3.63, 3.8) is 0 Å². The van der Waals surface area contributed by atoms with E-state index in [9.17, 15) is 4.79 Å². The lowest BCUT2D eigenvalue weighted by molar-refractivity contribution is -0.134.